The molecule has 1 aliphatic rings. The van der Waals surface area contributed by atoms with Gasteiger partial charge in [0.25, 0.3) is 0 Å². The van der Waals surface area contributed by atoms with Crippen LogP contribution in [0.1, 0.15) is 19.3 Å². The minimum Gasteiger partial charge on any atom is -0.434 e. The normalized spacial score (nSPS) is 16.8. The molecule has 0 heterocycles. The Labute approximate surface area is 71.8 Å². The second kappa shape index (κ2) is 4.98. The van der Waals surface area contributed by atoms with Crippen molar-refractivity contribution < 1.29 is 19.0 Å². The van der Waals surface area contributed by atoms with Crippen molar-refractivity contribution in [1.29, 1.82) is 0 Å². The minimum absolute atomic E-state index is 0.0382. The van der Waals surface area contributed by atoms with Gasteiger partial charge in [-0.15, -0.1) is 0 Å². The first-order valence-corrected chi connectivity index (χ1v) is 4.11. The fraction of sp³-hybridized carbons (Fsp3) is 0.875. The lowest BCUT2D eigenvalue weighted by Crippen LogP contribution is -2.20. The van der Waals surface area contributed by atoms with E-state index in [0.29, 0.717) is 12.5 Å². The molecular formula is C8H14O4. The number of hydrogen-bond acceptors (Lipinski definition) is 4. The standard InChI is InChI=1S/C8H14O4/c1-10-6-12-8(9)11-5-7-3-2-4-7/h7H,2-6H2,1H3. The highest BCUT2D eigenvalue weighted by Gasteiger charge is 2.19. The lowest BCUT2D eigenvalue weighted by Gasteiger charge is -2.24. The van der Waals surface area contributed by atoms with Crippen molar-refractivity contribution in [2.24, 2.45) is 5.92 Å². The van der Waals surface area contributed by atoms with E-state index < -0.39 is 6.16 Å². The molecule has 70 valence electrons. The molecule has 0 saturated heterocycles. The average molecular weight is 174 g/mol. The van der Waals surface area contributed by atoms with Gasteiger partial charge in [0.2, 0.25) is 0 Å². The minimum atomic E-state index is -0.635. The van der Waals surface area contributed by atoms with Gasteiger partial charge in [-0.1, -0.05) is 6.42 Å². The molecular weight excluding hydrogens is 160 g/mol. The highest BCUT2D eigenvalue weighted by atomic mass is 16.8. The molecule has 0 atom stereocenters. The molecule has 0 bridgehead atoms. The third-order valence-corrected chi connectivity index (χ3v) is 1.96. The Bertz CT molecular complexity index is 142. The molecule has 0 aliphatic heterocycles. The van der Waals surface area contributed by atoms with Crippen LogP contribution in [-0.2, 0) is 14.2 Å². The summed E-state index contributed by atoms with van der Waals surface area (Å²) < 4.78 is 13.9. The molecule has 1 aliphatic carbocycles. The van der Waals surface area contributed by atoms with Crippen LogP contribution < -0.4 is 0 Å². The summed E-state index contributed by atoms with van der Waals surface area (Å²) in [5, 5.41) is 0. The predicted molar refractivity (Wildman–Crippen MR) is 41.7 cm³/mol. The molecule has 1 saturated carbocycles. The van der Waals surface area contributed by atoms with Crippen molar-refractivity contribution in [2.45, 2.75) is 19.3 Å². The van der Waals surface area contributed by atoms with Crippen LogP contribution in [0.2, 0.25) is 0 Å². The quantitative estimate of drug-likeness (QED) is 0.479. The van der Waals surface area contributed by atoms with Crippen LogP contribution in [0.4, 0.5) is 4.79 Å². The zero-order valence-electron chi connectivity index (χ0n) is 7.25. The summed E-state index contributed by atoms with van der Waals surface area (Å²) >= 11 is 0. The smallest absolute Gasteiger partial charge is 0.434 e. The third kappa shape index (κ3) is 3.09. The Morgan fingerprint density at radius 3 is 2.67 bits per heavy atom. The number of methoxy groups -OCH3 is 1. The van der Waals surface area contributed by atoms with Crippen LogP contribution in [-0.4, -0.2) is 26.7 Å². The van der Waals surface area contributed by atoms with Crippen molar-refractivity contribution in [3.05, 3.63) is 0 Å². The average Bonchev–Trinajstić information content (AvgIpc) is 1.98. The van der Waals surface area contributed by atoms with Crippen molar-refractivity contribution >= 4 is 6.16 Å². The first-order valence-electron chi connectivity index (χ1n) is 4.11. The van der Waals surface area contributed by atoms with Gasteiger partial charge in [0.1, 0.15) is 0 Å². The van der Waals surface area contributed by atoms with E-state index in [1.165, 1.54) is 13.5 Å². The van der Waals surface area contributed by atoms with Crippen LogP contribution >= 0.6 is 0 Å². The maximum atomic E-state index is 10.7. The van der Waals surface area contributed by atoms with Crippen LogP contribution in [0.25, 0.3) is 0 Å². The van der Waals surface area contributed by atoms with Gasteiger partial charge in [-0.25, -0.2) is 4.79 Å². The largest absolute Gasteiger partial charge is 0.510 e. The Kier molecular flexibility index (Phi) is 3.87. The maximum Gasteiger partial charge on any atom is 0.510 e. The molecule has 4 nitrogen and oxygen atoms in total. The second-order valence-electron chi connectivity index (χ2n) is 2.91. The van der Waals surface area contributed by atoms with E-state index in [1.807, 2.05) is 0 Å². The number of ether oxygens (including phenoxy) is 3. The summed E-state index contributed by atoms with van der Waals surface area (Å²) in [6.07, 6.45) is 2.94. The summed E-state index contributed by atoms with van der Waals surface area (Å²) in [7, 11) is 1.46. The number of rotatable bonds is 4. The van der Waals surface area contributed by atoms with Gasteiger partial charge < -0.3 is 14.2 Å². The van der Waals surface area contributed by atoms with Crippen molar-refractivity contribution in [2.75, 3.05) is 20.5 Å². The summed E-state index contributed by atoms with van der Waals surface area (Å²) in [5.74, 6) is 0.556. The molecule has 1 fully saturated rings. The van der Waals surface area contributed by atoms with Crippen molar-refractivity contribution in [3.63, 3.8) is 0 Å². The van der Waals surface area contributed by atoms with Gasteiger partial charge in [0.15, 0.2) is 6.79 Å². The van der Waals surface area contributed by atoms with Gasteiger partial charge in [-0.2, -0.15) is 0 Å². The van der Waals surface area contributed by atoms with E-state index >= 15 is 0 Å². The van der Waals surface area contributed by atoms with Crippen LogP contribution in [0, 0.1) is 5.92 Å². The highest BCUT2D eigenvalue weighted by molar-refractivity contribution is 5.59. The number of hydrogen-bond donors (Lipinski definition) is 0. The molecule has 1 rings (SSSR count). The molecule has 4 heteroatoms. The van der Waals surface area contributed by atoms with Crippen LogP contribution in [0.15, 0.2) is 0 Å². The Balaban J connectivity index is 1.94. The number of carbonyl (C=O) groups is 1. The molecule has 0 spiro atoms. The van der Waals surface area contributed by atoms with E-state index in [-0.39, 0.29) is 6.79 Å². The van der Waals surface area contributed by atoms with Crippen LogP contribution in [0.5, 0.6) is 0 Å². The summed E-state index contributed by atoms with van der Waals surface area (Å²) in [6, 6.07) is 0. The SMILES string of the molecule is COCOC(=O)OCC1CCC1. The summed E-state index contributed by atoms with van der Waals surface area (Å²) in [4.78, 5) is 10.7. The number of carbonyl (C=O) groups excluding carboxylic acids is 1. The molecule has 0 aromatic heterocycles. The molecule has 0 amide bonds. The highest BCUT2D eigenvalue weighted by Crippen LogP contribution is 2.26. The van der Waals surface area contributed by atoms with E-state index in [2.05, 4.69) is 9.47 Å². The molecule has 12 heavy (non-hydrogen) atoms. The van der Waals surface area contributed by atoms with Gasteiger partial charge in [0, 0.05) is 7.11 Å². The Morgan fingerprint density at radius 2 is 2.17 bits per heavy atom. The first kappa shape index (κ1) is 9.32. The van der Waals surface area contributed by atoms with Gasteiger partial charge >= 0.3 is 6.16 Å². The zero-order chi connectivity index (χ0) is 8.81. The fourth-order valence-corrected chi connectivity index (χ4v) is 0.994. The Hall–Kier alpha value is -0.770. The van der Waals surface area contributed by atoms with Gasteiger partial charge in [0.05, 0.1) is 6.61 Å². The van der Waals surface area contributed by atoms with Crippen LogP contribution in [0.3, 0.4) is 0 Å². The molecule has 0 radical (unpaired) electrons. The van der Waals surface area contributed by atoms with E-state index in [1.54, 1.807) is 0 Å². The van der Waals surface area contributed by atoms with Crippen molar-refractivity contribution in [1.82, 2.24) is 0 Å². The predicted octanol–water partition coefficient (Wildman–Crippen LogP) is 1.54. The summed E-state index contributed by atoms with van der Waals surface area (Å²) in [5.41, 5.74) is 0. The topological polar surface area (TPSA) is 44.8 Å². The van der Waals surface area contributed by atoms with Crippen molar-refractivity contribution in [3.8, 4) is 0 Å². The Morgan fingerprint density at radius 1 is 1.42 bits per heavy atom. The first-order chi connectivity index (χ1) is 5.83. The van der Waals surface area contributed by atoms with Gasteiger partial charge in [-0.3, -0.25) is 0 Å². The van der Waals surface area contributed by atoms with Gasteiger partial charge in [-0.05, 0) is 18.8 Å². The maximum absolute atomic E-state index is 10.7. The zero-order valence-corrected chi connectivity index (χ0v) is 7.25. The summed E-state index contributed by atoms with van der Waals surface area (Å²) in [6.45, 7) is 0.450. The monoisotopic (exact) mass is 174 g/mol. The third-order valence-electron chi connectivity index (χ3n) is 1.96. The second-order valence-corrected chi connectivity index (χ2v) is 2.91. The lowest BCUT2D eigenvalue weighted by molar-refractivity contribution is -0.0333. The lowest BCUT2D eigenvalue weighted by atomic mass is 9.86. The molecule has 0 N–H and O–H groups in total. The van der Waals surface area contributed by atoms with E-state index in [9.17, 15) is 4.79 Å². The van der Waals surface area contributed by atoms with E-state index in [0.717, 1.165) is 12.8 Å². The van der Waals surface area contributed by atoms with E-state index in [4.69, 9.17) is 4.74 Å². The fourth-order valence-electron chi connectivity index (χ4n) is 0.994. The molecule has 0 aromatic rings. The molecule has 0 unspecified atom stereocenters. The molecule has 0 aromatic carbocycles.